The van der Waals surface area contributed by atoms with Gasteiger partial charge in [0.2, 0.25) is 0 Å². The monoisotopic (exact) mass is 578 g/mol. The molecule has 4 rings (SSSR count). The number of nitrogens with one attached hydrogen (secondary N) is 2. The number of nitrogens with two attached hydrogens (primary N) is 1. The highest BCUT2D eigenvalue weighted by Crippen LogP contribution is 2.36. The molecular weight excluding hydrogens is 551 g/mol. The molecule has 38 heavy (non-hydrogen) atoms. The summed E-state index contributed by atoms with van der Waals surface area (Å²) < 4.78 is 36.7. The van der Waals surface area contributed by atoms with Crippen LogP contribution in [-0.4, -0.2) is 63.1 Å². The van der Waals surface area contributed by atoms with Crippen LogP contribution in [0.4, 0.5) is 11.5 Å². The largest absolute Gasteiger partial charge is 0.493 e. The van der Waals surface area contributed by atoms with E-state index < -0.39 is 9.84 Å². The van der Waals surface area contributed by atoms with E-state index in [0.29, 0.717) is 51.6 Å². The Labute approximate surface area is 231 Å². The zero-order chi connectivity index (χ0) is 27.8. The fourth-order valence-electron chi connectivity index (χ4n) is 4.13. The van der Waals surface area contributed by atoms with Crippen molar-refractivity contribution in [2.24, 2.45) is 0 Å². The van der Waals surface area contributed by atoms with Gasteiger partial charge in [-0.25, -0.2) is 13.4 Å². The zero-order valence-corrected chi connectivity index (χ0v) is 23.6. The summed E-state index contributed by atoms with van der Waals surface area (Å²) in [5.74, 6) is 0.996. The van der Waals surface area contributed by atoms with Crippen molar-refractivity contribution in [3.63, 3.8) is 0 Å². The van der Waals surface area contributed by atoms with Gasteiger partial charge in [-0.05, 0) is 26.1 Å². The number of likely N-dealkylation sites (N-methyl/N-ethyl adjacent to an activating group) is 1. The van der Waals surface area contributed by atoms with Gasteiger partial charge >= 0.3 is 0 Å². The number of ether oxygens (including phenoxy) is 2. The van der Waals surface area contributed by atoms with Crippen molar-refractivity contribution >= 4 is 50.3 Å². The number of methoxy groups -OCH3 is 1. The van der Waals surface area contributed by atoms with Crippen LogP contribution >= 0.6 is 23.2 Å². The lowest BCUT2D eigenvalue weighted by Gasteiger charge is -2.49. The molecule has 1 aromatic carbocycles. The average molecular weight is 580 g/mol. The first-order valence-corrected chi connectivity index (χ1v) is 14.1. The SMILES string of the molecule is CNC1(C)CN(c2ncc(C(=N)c3cc(OCc4c(Cl)cncc4Cl)c(OC)cc3N)cc2S(C)(=O)=O)C1. The van der Waals surface area contributed by atoms with E-state index in [-0.39, 0.29) is 34.0 Å². The van der Waals surface area contributed by atoms with Gasteiger partial charge in [-0.15, -0.1) is 0 Å². The highest BCUT2D eigenvalue weighted by atomic mass is 35.5. The van der Waals surface area contributed by atoms with Gasteiger partial charge in [-0.3, -0.25) is 10.4 Å². The van der Waals surface area contributed by atoms with Crippen LogP contribution < -0.4 is 25.4 Å². The molecule has 0 unspecified atom stereocenters. The van der Waals surface area contributed by atoms with Crippen molar-refractivity contribution in [2.75, 3.05) is 44.1 Å². The first-order chi connectivity index (χ1) is 17.9. The van der Waals surface area contributed by atoms with Crippen molar-refractivity contribution in [2.45, 2.75) is 24.0 Å². The molecule has 2 aromatic heterocycles. The van der Waals surface area contributed by atoms with Gasteiger partial charge in [-0.1, -0.05) is 23.2 Å². The van der Waals surface area contributed by atoms with Crippen LogP contribution in [0.5, 0.6) is 11.5 Å². The summed E-state index contributed by atoms with van der Waals surface area (Å²) in [4.78, 5) is 10.3. The fraction of sp³-hybridized carbons (Fsp3) is 0.320. The van der Waals surface area contributed by atoms with E-state index >= 15 is 0 Å². The molecule has 10 nitrogen and oxygen atoms in total. The van der Waals surface area contributed by atoms with Crippen LogP contribution in [0.25, 0.3) is 0 Å². The number of sulfone groups is 1. The molecule has 4 N–H and O–H groups in total. The highest BCUT2D eigenvalue weighted by molar-refractivity contribution is 7.90. The molecule has 1 aliphatic heterocycles. The highest BCUT2D eigenvalue weighted by Gasteiger charge is 2.39. The molecular formula is C25H28Cl2N6O4S. The molecule has 0 atom stereocenters. The van der Waals surface area contributed by atoms with E-state index in [0.717, 1.165) is 6.26 Å². The Morgan fingerprint density at radius 1 is 1.18 bits per heavy atom. The number of halogens is 2. The van der Waals surface area contributed by atoms with Crippen LogP contribution in [0.1, 0.15) is 23.6 Å². The second-order valence-corrected chi connectivity index (χ2v) is 12.1. The number of nitrogen functional groups attached to an aromatic ring is 1. The third-order valence-corrected chi connectivity index (χ3v) is 8.18. The van der Waals surface area contributed by atoms with Crippen LogP contribution in [0.3, 0.4) is 0 Å². The van der Waals surface area contributed by atoms with Gasteiger partial charge in [-0.2, -0.15) is 0 Å². The first-order valence-electron chi connectivity index (χ1n) is 11.5. The number of hydrogen-bond donors (Lipinski definition) is 3. The second kappa shape index (κ2) is 10.6. The van der Waals surface area contributed by atoms with Gasteiger partial charge in [0, 0.05) is 66.4 Å². The number of rotatable bonds is 9. The summed E-state index contributed by atoms with van der Waals surface area (Å²) >= 11 is 12.4. The van der Waals surface area contributed by atoms with Crippen molar-refractivity contribution in [3.8, 4) is 11.5 Å². The predicted octanol–water partition coefficient (Wildman–Crippen LogP) is 3.57. The molecule has 0 saturated carbocycles. The van der Waals surface area contributed by atoms with Gasteiger partial charge < -0.3 is 25.4 Å². The predicted molar refractivity (Wildman–Crippen MR) is 149 cm³/mol. The quantitative estimate of drug-likeness (QED) is 0.256. The van der Waals surface area contributed by atoms with Crippen molar-refractivity contribution in [3.05, 3.63) is 63.5 Å². The van der Waals surface area contributed by atoms with Crippen LogP contribution in [0.15, 0.2) is 41.7 Å². The molecule has 0 spiro atoms. The van der Waals surface area contributed by atoms with Gasteiger partial charge in [0.25, 0.3) is 0 Å². The van der Waals surface area contributed by atoms with Crippen LogP contribution in [0.2, 0.25) is 10.0 Å². The Morgan fingerprint density at radius 3 is 2.42 bits per heavy atom. The van der Waals surface area contributed by atoms with Gasteiger partial charge in [0.05, 0.1) is 28.4 Å². The molecule has 3 aromatic rings. The van der Waals surface area contributed by atoms with E-state index in [9.17, 15) is 8.42 Å². The molecule has 1 aliphatic rings. The van der Waals surface area contributed by atoms with E-state index in [4.69, 9.17) is 43.8 Å². The molecule has 202 valence electrons. The van der Waals surface area contributed by atoms with Crippen molar-refractivity contribution in [1.82, 2.24) is 15.3 Å². The number of aromatic nitrogens is 2. The van der Waals surface area contributed by atoms with Crippen LogP contribution in [-0.2, 0) is 16.4 Å². The lowest BCUT2D eigenvalue weighted by molar-refractivity contribution is 0.284. The maximum Gasteiger partial charge on any atom is 0.179 e. The smallest absolute Gasteiger partial charge is 0.179 e. The van der Waals surface area contributed by atoms with Crippen molar-refractivity contribution in [1.29, 1.82) is 5.41 Å². The van der Waals surface area contributed by atoms with E-state index in [1.165, 1.54) is 37.8 Å². The molecule has 0 bridgehead atoms. The third kappa shape index (κ3) is 5.51. The number of hydrogen-bond acceptors (Lipinski definition) is 10. The molecule has 0 aliphatic carbocycles. The van der Waals surface area contributed by atoms with Gasteiger partial charge in [0.15, 0.2) is 21.3 Å². The summed E-state index contributed by atoms with van der Waals surface area (Å²) in [7, 11) is -0.308. The molecule has 1 saturated heterocycles. The Bertz CT molecular complexity index is 1490. The molecule has 0 amide bonds. The minimum absolute atomic E-state index is 0.0170. The molecule has 1 fully saturated rings. The molecule has 3 heterocycles. The van der Waals surface area contributed by atoms with Gasteiger partial charge in [0.1, 0.15) is 17.3 Å². The molecule has 13 heteroatoms. The summed E-state index contributed by atoms with van der Waals surface area (Å²) in [6.07, 6.45) is 5.52. The topological polar surface area (TPSA) is 144 Å². The second-order valence-electron chi connectivity index (χ2n) is 9.32. The average Bonchev–Trinajstić information content (AvgIpc) is 2.85. The number of nitrogens with zero attached hydrogens (tertiary/aromatic N) is 3. The Morgan fingerprint density at radius 2 is 1.84 bits per heavy atom. The van der Waals surface area contributed by atoms with Crippen molar-refractivity contribution < 1.29 is 17.9 Å². The Kier molecular flexibility index (Phi) is 7.76. The summed E-state index contributed by atoms with van der Waals surface area (Å²) in [5.41, 5.74) is 7.49. The number of benzene rings is 1. The lowest BCUT2D eigenvalue weighted by Crippen LogP contribution is -2.67. The number of anilines is 2. The maximum atomic E-state index is 12.7. The zero-order valence-electron chi connectivity index (χ0n) is 21.3. The fourth-order valence-corrected chi connectivity index (χ4v) is 5.46. The van der Waals surface area contributed by atoms with E-state index in [1.54, 1.807) is 6.07 Å². The third-order valence-electron chi connectivity index (χ3n) is 6.43. The minimum Gasteiger partial charge on any atom is -0.493 e. The summed E-state index contributed by atoms with van der Waals surface area (Å²) in [6.45, 7) is 3.28. The van der Waals surface area contributed by atoms with E-state index in [1.807, 2.05) is 11.9 Å². The standard InChI is InChI=1S/C25H28Cl2N6O4S/c1-25(30-2)12-33(13-25)24-22(38(4,34)35)5-14(8-32-24)23(29)15-6-21(20(36-3)7-19(15)28)37-11-16-17(26)9-31-10-18(16)27/h5-10,29-30H,11-13,28H2,1-4H3. The maximum absolute atomic E-state index is 12.7. The Balaban J connectivity index is 1.68. The lowest BCUT2D eigenvalue weighted by atomic mass is 9.92. The Hall–Kier alpha value is -3.12. The minimum atomic E-state index is -3.64. The molecule has 0 radical (unpaired) electrons. The first kappa shape index (κ1) is 27.9. The summed E-state index contributed by atoms with van der Waals surface area (Å²) in [5, 5.41) is 12.8. The van der Waals surface area contributed by atoms with E-state index in [2.05, 4.69) is 22.2 Å². The number of pyridine rings is 2. The summed E-state index contributed by atoms with van der Waals surface area (Å²) in [6, 6.07) is 4.55. The normalized spacial score (nSPS) is 14.6. The van der Waals surface area contributed by atoms with Crippen LogP contribution in [0, 0.1) is 5.41 Å².